The highest BCUT2D eigenvalue weighted by atomic mass is 15.0. The van der Waals surface area contributed by atoms with Crippen molar-refractivity contribution in [2.75, 3.05) is 0 Å². The molecule has 10 aromatic carbocycles. The molecule has 0 bridgehead atoms. The molecule has 270 valence electrons. The second-order valence-corrected chi connectivity index (χ2v) is 15.3. The summed E-state index contributed by atoms with van der Waals surface area (Å²) in [6, 6.07) is 80.1. The quantitative estimate of drug-likeness (QED) is 0.156. The summed E-state index contributed by atoms with van der Waals surface area (Å²) in [4.78, 5) is 0. The van der Waals surface area contributed by atoms with Crippen LogP contribution in [0.3, 0.4) is 0 Å². The van der Waals surface area contributed by atoms with E-state index in [1.54, 1.807) is 0 Å². The largest absolute Gasteiger partial charge is 0.309 e. The van der Waals surface area contributed by atoms with Gasteiger partial charge in [0.25, 0.3) is 0 Å². The molecular formula is C56H36N2. The lowest BCUT2D eigenvalue weighted by molar-refractivity contribution is 1.18. The summed E-state index contributed by atoms with van der Waals surface area (Å²) in [5.74, 6) is 0. The van der Waals surface area contributed by atoms with E-state index in [1.807, 2.05) is 0 Å². The number of fused-ring (bicyclic) bond motifs is 9. The molecule has 2 aromatic heterocycles. The minimum absolute atomic E-state index is 1.15. The Bertz CT molecular complexity index is 3440. The summed E-state index contributed by atoms with van der Waals surface area (Å²) in [5, 5.41) is 10.1. The summed E-state index contributed by atoms with van der Waals surface area (Å²) in [5.41, 5.74) is 14.4. The van der Waals surface area contributed by atoms with Crippen LogP contribution in [0.1, 0.15) is 0 Å². The summed E-state index contributed by atoms with van der Waals surface area (Å²) in [6.07, 6.45) is 0. The van der Waals surface area contributed by atoms with Crippen molar-refractivity contribution in [1.29, 1.82) is 0 Å². The van der Waals surface area contributed by atoms with Gasteiger partial charge in [0.05, 0.1) is 22.1 Å². The van der Waals surface area contributed by atoms with E-state index >= 15 is 0 Å². The van der Waals surface area contributed by atoms with Gasteiger partial charge in [-0.25, -0.2) is 0 Å². The van der Waals surface area contributed by atoms with E-state index in [1.165, 1.54) is 98.5 Å². The normalized spacial score (nSPS) is 11.8. The highest BCUT2D eigenvalue weighted by Gasteiger charge is 2.17. The van der Waals surface area contributed by atoms with E-state index in [0.717, 1.165) is 11.4 Å². The number of benzene rings is 10. The van der Waals surface area contributed by atoms with E-state index in [2.05, 4.69) is 228 Å². The first-order valence-electron chi connectivity index (χ1n) is 20.0. The number of nitrogens with zero attached hydrogens (tertiary/aromatic N) is 2. The number of rotatable bonds is 5. The first kappa shape index (κ1) is 32.6. The maximum atomic E-state index is 2.39. The SMILES string of the molecule is c1ccc2c(c1)cc(-c1ccc(-c3ccc(-n4c5ccccc5c5ccccc54)cc3)cc1-c1ccc(-n3c4ccccc4c4ccccc43)cc1)c1ccccc12. The number of hydrogen-bond acceptors (Lipinski definition) is 0. The third-order valence-electron chi connectivity index (χ3n) is 12.1. The highest BCUT2D eigenvalue weighted by molar-refractivity contribution is 6.15. The zero-order valence-electron chi connectivity index (χ0n) is 31.7. The van der Waals surface area contributed by atoms with Crippen molar-refractivity contribution >= 4 is 65.2 Å². The van der Waals surface area contributed by atoms with Crippen molar-refractivity contribution in [3.63, 3.8) is 0 Å². The second kappa shape index (κ2) is 12.9. The van der Waals surface area contributed by atoms with Gasteiger partial charge in [0.1, 0.15) is 0 Å². The van der Waals surface area contributed by atoms with Crippen LogP contribution < -0.4 is 0 Å². The minimum atomic E-state index is 1.15. The number of hydrogen-bond donors (Lipinski definition) is 0. The fourth-order valence-corrected chi connectivity index (χ4v) is 9.47. The molecule has 58 heavy (non-hydrogen) atoms. The molecule has 12 rings (SSSR count). The van der Waals surface area contributed by atoms with Crippen LogP contribution >= 0.6 is 0 Å². The van der Waals surface area contributed by atoms with Crippen molar-refractivity contribution < 1.29 is 0 Å². The van der Waals surface area contributed by atoms with Gasteiger partial charge in [-0.1, -0.05) is 158 Å². The summed E-state index contributed by atoms with van der Waals surface area (Å²) in [7, 11) is 0. The van der Waals surface area contributed by atoms with Gasteiger partial charge in [0.15, 0.2) is 0 Å². The van der Waals surface area contributed by atoms with Crippen LogP contribution in [-0.4, -0.2) is 9.13 Å². The molecule has 2 nitrogen and oxygen atoms in total. The molecule has 0 radical (unpaired) electrons. The van der Waals surface area contributed by atoms with Crippen molar-refractivity contribution in [2.24, 2.45) is 0 Å². The lowest BCUT2D eigenvalue weighted by Gasteiger charge is -2.17. The second-order valence-electron chi connectivity index (χ2n) is 15.3. The van der Waals surface area contributed by atoms with Gasteiger partial charge in [-0.15, -0.1) is 0 Å². The Morgan fingerprint density at radius 2 is 0.621 bits per heavy atom. The zero-order chi connectivity index (χ0) is 38.2. The van der Waals surface area contributed by atoms with Crippen LogP contribution in [0, 0.1) is 0 Å². The van der Waals surface area contributed by atoms with E-state index < -0.39 is 0 Å². The Morgan fingerprint density at radius 3 is 1.14 bits per heavy atom. The van der Waals surface area contributed by atoms with E-state index in [0.29, 0.717) is 0 Å². The Hall–Kier alpha value is -7.68. The lowest BCUT2D eigenvalue weighted by atomic mass is 9.87. The molecule has 0 unspecified atom stereocenters. The summed E-state index contributed by atoms with van der Waals surface area (Å²) >= 11 is 0. The molecule has 0 atom stereocenters. The van der Waals surface area contributed by atoms with Gasteiger partial charge < -0.3 is 9.13 Å². The molecule has 0 aliphatic heterocycles. The summed E-state index contributed by atoms with van der Waals surface area (Å²) < 4.78 is 4.77. The Kier molecular flexibility index (Phi) is 7.26. The van der Waals surface area contributed by atoms with E-state index in [4.69, 9.17) is 0 Å². The van der Waals surface area contributed by atoms with E-state index in [-0.39, 0.29) is 0 Å². The minimum Gasteiger partial charge on any atom is -0.309 e. The molecule has 0 saturated heterocycles. The molecule has 0 saturated carbocycles. The van der Waals surface area contributed by atoms with Crippen molar-refractivity contribution in [3.8, 4) is 44.8 Å². The van der Waals surface area contributed by atoms with Crippen LogP contribution in [0.5, 0.6) is 0 Å². The first-order chi connectivity index (χ1) is 28.8. The van der Waals surface area contributed by atoms with Crippen LogP contribution in [0.4, 0.5) is 0 Å². The van der Waals surface area contributed by atoms with Crippen LogP contribution in [-0.2, 0) is 0 Å². The molecule has 0 fully saturated rings. The molecule has 2 heteroatoms. The maximum absolute atomic E-state index is 2.39. The fourth-order valence-electron chi connectivity index (χ4n) is 9.47. The molecular weight excluding hydrogens is 701 g/mol. The number of para-hydroxylation sites is 4. The third kappa shape index (κ3) is 4.99. The maximum Gasteiger partial charge on any atom is 0.0541 e. The molecule has 2 heterocycles. The molecule has 0 spiro atoms. The van der Waals surface area contributed by atoms with Crippen LogP contribution in [0.2, 0.25) is 0 Å². The predicted octanol–water partition coefficient (Wildman–Crippen LogP) is 15.2. The van der Waals surface area contributed by atoms with Gasteiger partial charge >= 0.3 is 0 Å². The van der Waals surface area contributed by atoms with Crippen molar-refractivity contribution in [1.82, 2.24) is 9.13 Å². The van der Waals surface area contributed by atoms with E-state index in [9.17, 15) is 0 Å². The third-order valence-corrected chi connectivity index (χ3v) is 12.1. The van der Waals surface area contributed by atoms with Crippen molar-refractivity contribution in [3.05, 3.63) is 218 Å². The molecule has 0 aliphatic carbocycles. The Morgan fingerprint density at radius 1 is 0.224 bits per heavy atom. The number of aromatic nitrogens is 2. The lowest BCUT2D eigenvalue weighted by Crippen LogP contribution is -1.95. The van der Waals surface area contributed by atoms with Gasteiger partial charge in [0.2, 0.25) is 0 Å². The van der Waals surface area contributed by atoms with Crippen LogP contribution in [0.15, 0.2) is 218 Å². The molecule has 0 amide bonds. The average molecular weight is 737 g/mol. The topological polar surface area (TPSA) is 9.86 Å². The molecule has 0 aliphatic rings. The van der Waals surface area contributed by atoms with Gasteiger partial charge in [-0.2, -0.15) is 0 Å². The summed E-state index contributed by atoms with van der Waals surface area (Å²) in [6.45, 7) is 0. The van der Waals surface area contributed by atoms with Crippen molar-refractivity contribution in [2.45, 2.75) is 0 Å². The van der Waals surface area contributed by atoms with Crippen LogP contribution in [0.25, 0.3) is 110 Å². The zero-order valence-corrected chi connectivity index (χ0v) is 31.7. The average Bonchev–Trinajstić information content (AvgIpc) is 3.82. The van der Waals surface area contributed by atoms with Gasteiger partial charge in [-0.3, -0.25) is 0 Å². The smallest absolute Gasteiger partial charge is 0.0541 e. The Balaban J connectivity index is 1.03. The van der Waals surface area contributed by atoms with Gasteiger partial charge in [-0.05, 0) is 116 Å². The first-order valence-corrected chi connectivity index (χ1v) is 20.0. The fraction of sp³-hybridized carbons (Fsp3) is 0. The molecule has 0 N–H and O–H groups in total. The predicted molar refractivity (Wildman–Crippen MR) is 246 cm³/mol. The monoisotopic (exact) mass is 736 g/mol. The van der Waals surface area contributed by atoms with Gasteiger partial charge in [0, 0.05) is 32.9 Å². The Labute approximate surface area is 336 Å². The molecule has 12 aromatic rings. The standard InChI is InChI=1S/C56H36N2/c1-2-14-43-40(13-1)36-52(45-16-4-3-15-44(43)45)46-34-29-39(37-25-30-41(31-26-37)57-53-21-9-5-17-47(53)48-18-6-10-22-54(48)57)35-51(46)38-27-32-42(33-28-38)58-55-23-11-7-19-49(55)50-20-8-12-24-56(50)58/h1-36H. The highest BCUT2D eigenvalue weighted by Crippen LogP contribution is 2.42.